The van der Waals surface area contributed by atoms with Gasteiger partial charge in [-0.15, -0.1) is 0 Å². The van der Waals surface area contributed by atoms with Gasteiger partial charge in [0.15, 0.2) is 0 Å². The summed E-state index contributed by atoms with van der Waals surface area (Å²) in [6, 6.07) is 8.11. The van der Waals surface area contributed by atoms with Gasteiger partial charge in [-0.1, -0.05) is 12.1 Å². The van der Waals surface area contributed by atoms with Gasteiger partial charge in [0, 0.05) is 18.5 Å². The Kier molecular flexibility index (Phi) is 4.47. The molecular weight excluding hydrogens is 260 g/mol. The predicted molar refractivity (Wildman–Crippen MR) is 79.0 cm³/mol. The van der Waals surface area contributed by atoms with Crippen LogP contribution in [0.5, 0.6) is 0 Å². The average Bonchev–Trinajstić information content (AvgIpc) is 2.37. The van der Waals surface area contributed by atoms with Crippen molar-refractivity contribution >= 4 is 15.5 Å². The maximum atomic E-state index is 11.2. The Morgan fingerprint density at radius 3 is 2.32 bits per heavy atom. The molecule has 106 valence electrons. The first-order valence-corrected chi connectivity index (χ1v) is 8.75. The van der Waals surface area contributed by atoms with Crippen molar-refractivity contribution in [3.63, 3.8) is 0 Å². The zero-order chi connectivity index (χ0) is 13.9. The van der Waals surface area contributed by atoms with Crippen LogP contribution in [0, 0.1) is 0 Å². The molecule has 19 heavy (non-hydrogen) atoms. The molecular formula is C14H22N2O2S. The minimum absolute atomic E-state index is 0.263. The fraction of sp³-hybridized carbons (Fsp3) is 0.571. The number of sulfone groups is 1. The zero-order valence-electron chi connectivity index (χ0n) is 11.4. The van der Waals surface area contributed by atoms with Crippen LogP contribution in [0.1, 0.15) is 24.3 Å². The first-order chi connectivity index (χ1) is 8.94. The molecule has 1 aromatic rings. The van der Waals surface area contributed by atoms with Gasteiger partial charge >= 0.3 is 0 Å². The summed E-state index contributed by atoms with van der Waals surface area (Å²) in [6.07, 6.45) is 3.48. The van der Waals surface area contributed by atoms with E-state index >= 15 is 0 Å². The third kappa shape index (κ3) is 4.51. The van der Waals surface area contributed by atoms with Gasteiger partial charge in [0.2, 0.25) is 0 Å². The van der Waals surface area contributed by atoms with Crippen molar-refractivity contribution < 1.29 is 8.42 Å². The number of nitrogen functional groups attached to an aromatic ring is 1. The Hall–Kier alpha value is -1.07. The van der Waals surface area contributed by atoms with Crippen LogP contribution >= 0.6 is 0 Å². The highest BCUT2D eigenvalue weighted by atomic mass is 32.2. The van der Waals surface area contributed by atoms with Gasteiger partial charge in [0.05, 0.1) is 5.75 Å². The molecule has 0 atom stereocenters. The van der Waals surface area contributed by atoms with Crippen molar-refractivity contribution in [2.45, 2.75) is 18.8 Å². The van der Waals surface area contributed by atoms with Gasteiger partial charge in [-0.2, -0.15) is 0 Å². The maximum Gasteiger partial charge on any atom is 0.148 e. The molecule has 1 saturated heterocycles. The Morgan fingerprint density at radius 1 is 1.21 bits per heavy atom. The molecule has 0 amide bonds. The molecule has 1 aliphatic heterocycles. The van der Waals surface area contributed by atoms with Gasteiger partial charge in [-0.05, 0) is 49.5 Å². The molecule has 0 aromatic heterocycles. The smallest absolute Gasteiger partial charge is 0.148 e. The van der Waals surface area contributed by atoms with E-state index < -0.39 is 9.84 Å². The van der Waals surface area contributed by atoms with E-state index in [1.165, 1.54) is 11.8 Å². The molecule has 1 aromatic carbocycles. The number of hydrogen-bond acceptors (Lipinski definition) is 4. The van der Waals surface area contributed by atoms with Crippen molar-refractivity contribution in [3.05, 3.63) is 29.8 Å². The van der Waals surface area contributed by atoms with Crippen LogP contribution in [-0.2, 0) is 9.84 Å². The number of likely N-dealkylation sites (tertiary alicyclic amines) is 1. The highest BCUT2D eigenvalue weighted by molar-refractivity contribution is 7.90. The molecule has 0 aliphatic carbocycles. The summed E-state index contributed by atoms with van der Waals surface area (Å²) >= 11 is 0. The third-order valence-corrected chi connectivity index (χ3v) is 4.70. The molecule has 2 N–H and O–H groups in total. The van der Waals surface area contributed by atoms with Crippen LogP contribution in [-0.4, -0.2) is 45.0 Å². The lowest BCUT2D eigenvalue weighted by molar-refractivity contribution is 0.223. The number of rotatable bonds is 4. The van der Waals surface area contributed by atoms with Gasteiger partial charge in [0.1, 0.15) is 9.84 Å². The monoisotopic (exact) mass is 282 g/mol. The van der Waals surface area contributed by atoms with Crippen molar-refractivity contribution in [1.29, 1.82) is 0 Å². The summed E-state index contributed by atoms with van der Waals surface area (Å²) in [5.74, 6) is 0.842. The molecule has 0 unspecified atom stereocenters. The second-order valence-electron chi connectivity index (χ2n) is 5.41. The molecule has 1 heterocycles. The fourth-order valence-electron chi connectivity index (χ4n) is 2.55. The SMILES string of the molecule is CS(=O)(=O)CCN1CCC(c2ccc(N)cc2)CC1. The number of piperidine rings is 1. The Bertz CT molecular complexity index is 503. The van der Waals surface area contributed by atoms with E-state index in [1.807, 2.05) is 12.1 Å². The van der Waals surface area contributed by atoms with E-state index in [0.29, 0.717) is 12.5 Å². The summed E-state index contributed by atoms with van der Waals surface area (Å²) in [7, 11) is -2.85. The topological polar surface area (TPSA) is 63.4 Å². The highest BCUT2D eigenvalue weighted by Gasteiger charge is 2.20. The lowest BCUT2D eigenvalue weighted by Crippen LogP contribution is -2.36. The van der Waals surface area contributed by atoms with Gasteiger partial charge in [-0.3, -0.25) is 0 Å². The standard InChI is InChI=1S/C14H22N2O2S/c1-19(17,18)11-10-16-8-6-13(7-9-16)12-2-4-14(15)5-3-12/h2-5,13H,6-11,15H2,1H3. The number of nitrogens with two attached hydrogens (primary N) is 1. The van der Waals surface area contributed by atoms with Crippen LogP contribution in [0.25, 0.3) is 0 Å². The predicted octanol–water partition coefficient (Wildman–Crippen LogP) is 1.49. The average molecular weight is 282 g/mol. The lowest BCUT2D eigenvalue weighted by atomic mass is 9.89. The van der Waals surface area contributed by atoms with Crippen LogP contribution in [0.2, 0.25) is 0 Å². The Balaban J connectivity index is 1.84. The van der Waals surface area contributed by atoms with Gasteiger partial charge in [-0.25, -0.2) is 8.42 Å². The van der Waals surface area contributed by atoms with Crippen LogP contribution in [0.3, 0.4) is 0 Å². The molecule has 1 fully saturated rings. The maximum absolute atomic E-state index is 11.2. The Labute approximate surface area is 115 Å². The van der Waals surface area contributed by atoms with Crippen molar-refractivity contribution in [2.24, 2.45) is 0 Å². The van der Waals surface area contributed by atoms with E-state index in [2.05, 4.69) is 17.0 Å². The molecule has 5 heteroatoms. The van der Waals surface area contributed by atoms with Crippen LogP contribution in [0.15, 0.2) is 24.3 Å². The summed E-state index contributed by atoms with van der Waals surface area (Å²) in [4.78, 5) is 2.24. The minimum Gasteiger partial charge on any atom is -0.399 e. The second-order valence-corrected chi connectivity index (χ2v) is 7.67. The first kappa shape index (κ1) is 14.3. The lowest BCUT2D eigenvalue weighted by Gasteiger charge is -2.32. The number of anilines is 1. The molecule has 1 aliphatic rings. The quantitative estimate of drug-likeness (QED) is 0.850. The van der Waals surface area contributed by atoms with E-state index in [4.69, 9.17) is 5.73 Å². The zero-order valence-corrected chi connectivity index (χ0v) is 12.2. The normalized spacial score (nSPS) is 18.6. The fourth-order valence-corrected chi connectivity index (χ4v) is 3.14. The minimum atomic E-state index is -2.85. The molecule has 0 spiro atoms. The van der Waals surface area contributed by atoms with Gasteiger partial charge in [0.25, 0.3) is 0 Å². The second kappa shape index (κ2) is 5.92. The van der Waals surface area contributed by atoms with E-state index in [-0.39, 0.29) is 5.75 Å². The highest BCUT2D eigenvalue weighted by Crippen LogP contribution is 2.28. The summed E-state index contributed by atoms with van der Waals surface area (Å²) in [6.45, 7) is 2.61. The summed E-state index contributed by atoms with van der Waals surface area (Å²) in [5.41, 5.74) is 7.84. The van der Waals surface area contributed by atoms with Crippen LogP contribution in [0.4, 0.5) is 5.69 Å². The van der Waals surface area contributed by atoms with Crippen molar-refractivity contribution in [1.82, 2.24) is 4.90 Å². The van der Waals surface area contributed by atoms with Crippen molar-refractivity contribution in [2.75, 3.05) is 37.4 Å². The summed E-state index contributed by atoms with van der Waals surface area (Å²) < 4.78 is 22.3. The first-order valence-electron chi connectivity index (χ1n) is 6.69. The van der Waals surface area contributed by atoms with E-state index in [9.17, 15) is 8.42 Å². The Morgan fingerprint density at radius 2 is 1.79 bits per heavy atom. The van der Waals surface area contributed by atoms with Gasteiger partial charge < -0.3 is 10.6 Å². The molecule has 4 nitrogen and oxygen atoms in total. The van der Waals surface area contributed by atoms with E-state index in [0.717, 1.165) is 31.6 Å². The largest absolute Gasteiger partial charge is 0.399 e. The third-order valence-electron chi connectivity index (χ3n) is 3.77. The number of hydrogen-bond donors (Lipinski definition) is 1. The number of nitrogens with zero attached hydrogens (tertiary/aromatic N) is 1. The van der Waals surface area contributed by atoms with Crippen molar-refractivity contribution in [3.8, 4) is 0 Å². The van der Waals surface area contributed by atoms with E-state index in [1.54, 1.807) is 0 Å². The van der Waals surface area contributed by atoms with Crippen LogP contribution < -0.4 is 5.73 Å². The molecule has 0 saturated carbocycles. The molecule has 2 rings (SSSR count). The molecule has 0 radical (unpaired) electrons. The number of benzene rings is 1. The molecule has 0 bridgehead atoms. The summed E-state index contributed by atoms with van der Waals surface area (Å²) in [5, 5.41) is 0.